The molecule has 1 aromatic carbocycles. The molecule has 3 atom stereocenters. The molecule has 6 heteroatoms. The minimum absolute atomic E-state index is 0.0970. The van der Waals surface area contributed by atoms with Gasteiger partial charge in [-0.2, -0.15) is 0 Å². The van der Waals surface area contributed by atoms with Crippen LogP contribution >= 0.6 is 0 Å². The van der Waals surface area contributed by atoms with E-state index in [1.54, 1.807) is 0 Å². The number of carbonyl (C=O) groups excluding carboxylic acids is 1. The number of pyridine rings is 1. The van der Waals surface area contributed by atoms with Crippen molar-refractivity contribution in [3.05, 3.63) is 53.9 Å². The molecule has 3 aromatic rings. The smallest absolute Gasteiger partial charge is 0.227 e. The van der Waals surface area contributed by atoms with Crippen molar-refractivity contribution in [2.45, 2.75) is 43.9 Å². The third kappa shape index (κ3) is 3.58. The summed E-state index contributed by atoms with van der Waals surface area (Å²) >= 11 is 0. The van der Waals surface area contributed by atoms with Crippen LogP contribution in [0.4, 0.5) is 5.82 Å². The molecule has 2 aliphatic heterocycles. The predicted octanol–water partition coefficient (Wildman–Crippen LogP) is 4.07. The van der Waals surface area contributed by atoms with E-state index in [1.807, 2.05) is 0 Å². The zero-order valence-corrected chi connectivity index (χ0v) is 17.8. The predicted molar refractivity (Wildman–Crippen MR) is 121 cm³/mol. The monoisotopic (exact) mass is 415 g/mol. The van der Waals surface area contributed by atoms with E-state index in [2.05, 4.69) is 57.2 Å². The maximum absolute atomic E-state index is 12.9. The highest BCUT2D eigenvalue weighted by atomic mass is 16.2. The number of imidazole rings is 1. The molecule has 0 bridgehead atoms. The maximum Gasteiger partial charge on any atom is 0.227 e. The summed E-state index contributed by atoms with van der Waals surface area (Å²) < 4.78 is 0. The van der Waals surface area contributed by atoms with Crippen molar-refractivity contribution < 1.29 is 4.79 Å². The highest BCUT2D eigenvalue weighted by molar-refractivity contribution is 5.80. The third-order valence-electron chi connectivity index (χ3n) is 7.23. The summed E-state index contributed by atoms with van der Waals surface area (Å²) in [5.41, 5.74) is 3.18. The first kappa shape index (κ1) is 18.8. The molecule has 6 nitrogen and oxygen atoms in total. The first-order valence-corrected chi connectivity index (χ1v) is 11.7. The summed E-state index contributed by atoms with van der Waals surface area (Å²) in [5.74, 6) is 3.46. The number of hydrogen-bond donors (Lipinski definition) is 1. The Kier molecular flexibility index (Phi) is 4.66. The molecule has 2 saturated heterocycles. The summed E-state index contributed by atoms with van der Waals surface area (Å²) in [6.07, 6.45) is 5.47. The van der Waals surface area contributed by atoms with Gasteiger partial charge in [0.1, 0.15) is 17.2 Å². The lowest BCUT2D eigenvalue weighted by atomic mass is 9.96. The fourth-order valence-corrected chi connectivity index (χ4v) is 5.40. The second-order valence-electron chi connectivity index (χ2n) is 9.34. The Labute approximate surface area is 182 Å². The molecule has 2 aromatic heterocycles. The average Bonchev–Trinajstić information content (AvgIpc) is 3.22. The Hall–Kier alpha value is -2.89. The van der Waals surface area contributed by atoms with Crippen molar-refractivity contribution in [2.75, 3.05) is 31.1 Å². The van der Waals surface area contributed by atoms with E-state index >= 15 is 0 Å². The number of fused-ring (bicyclic) bond motifs is 1. The molecule has 1 amide bonds. The van der Waals surface area contributed by atoms with Crippen LogP contribution in [0.3, 0.4) is 0 Å². The van der Waals surface area contributed by atoms with Crippen molar-refractivity contribution in [1.82, 2.24) is 19.9 Å². The van der Waals surface area contributed by atoms with E-state index in [9.17, 15) is 4.79 Å². The lowest BCUT2D eigenvalue weighted by molar-refractivity contribution is -0.134. The van der Waals surface area contributed by atoms with Gasteiger partial charge < -0.3 is 14.8 Å². The Morgan fingerprint density at radius 2 is 1.77 bits per heavy atom. The Morgan fingerprint density at radius 1 is 0.935 bits per heavy atom. The van der Waals surface area contributed by atoms with Gasteiger partial charge in [0, 0.05) is 32.1 Å². The maximum atomic E-state index is 12.9. The van der Waals surface area contributed by atoms with Crippen LogP contribution in [0.25, 0.3) is 11.2 Å². The van der Waals surface area contributed by atoms with E-state index in [1.165, 1.54) is 5.56 Å². The number of aromatic amines is 1. The van der Waals surface area contributed by atoms with Crippen molar-refractivity contribution in [2.24, 2.45) is 5.92 Å². The summed E-state index contributed by atoms with van der Waals surface area (Å²) in [4.78, 5) is 30.5. The highest BCUT2D eigenvalue weighted by Gasteiger charge is 2.41. The van der Waals surface area contributed by atoms with E-state index < -0.39 is 0 Å². The molecule has 3 fully saturated rings. The van der Waals surface area contributed by atoms with Crippen LogP contribution in [0.1, 0.15) is 55.3 Å². The molecule has 160 valence electrons. The third-order valence-corrected chi connectivity index (χ3v) is 7.23. The van der Waals surface area contributed by atoms with E-state index in [4.69, 9.17) is 9.97 Å². The topological polar surface area (TPSA) is 65.1 Å². The number of H-pyrrole nitrogens is 1. The second kappa shape index (κ2) is 7.66. The molecule has 3 aliphatic rings. The van der Waals surface area contributed by atoms with Crippen LogP contribution in [0.2, 0.25) is 0 Å². The van der Waals surface area contributed by atoms with E-state index in [0.717, 1.165) is 81.1 Å². The van der Waals surface area contributed by atoms with Crippen LogP contribution in [0.5, 0.6) is 0 Å². The van der Waals surface area contributed by atoms with Crippen LogP contribution in [-0.2, 0) is 4.79 Å². The number of amides is 1. The first-order chi connectivity index (χ1) is 15.3. The number of nitrogens with zero attached hydrogens (tertiary/aromatic N) is 4. The van der Waals surface area contributed by atoms with Gasteiger partial charge >= 0.3 is 0 Å². The Balaban J connectivity index is 1.18. The summed E-state index contributed by atoms with van der Waals surface area (Å²) in [6, 6.07) is 14.8. The van der Waals surface area contributed by atoms with Crippen LogP contribution in [0, 0.1) is 5.92 Å². The van der Waals surface area contributed by atoms with Crippen LogP contribution in [0.15, 0.2) is 42.5 Å². The lowest BCUT2D eigenvalue weighted by Gasteiger charge is -2.34. The van der Waals surface area contributed by atoms with Gasteiger partial charge in [-0.25, -0.2) is 9.97 Å². The number of piperidine rings is 1. The van der Waals surface area contributed by atoms with Crippen molar-refractivity contribution in [3.63, 3.8) is 0 Å². The largest absolute Gasteiger partial charge is 0.356 e. The van der Waals surface area contributed by atoms with Gasteiger partial charge in [0.05, 0.1) is 5.92 Å². The summed E-state index contributed by atoms with van der Waals surface area (Å²) in [7, 11) is 0. The number of aromatic nitrogens is 3. The van der Waals surface area contributed by atoms with Gasteiger partial charge in [-0.05, 0) is 55.7 Å². The second-order valence-corrected chi connectivity index (χ2v) is 9.34. The van der Waals surface area contributed by atoms with E-state index in [-0.39, 0.29) is 5.92 Å². The summed E-state index contributed by atoms with van der Waals surface area (Å²) in [6.45, 7) is 3.60. The average molecular weight is 416 g/mol. The molecule has 0 spiro atoms. The van der Waals surface area contributed by atoms with Crippen molar-refractivity contribution in [3.8, 4) is 0 Å². The molecule has 1 unspecified atom stereocenters. The normalized spacial score (nSPS) is 25.9. The zero-order valence-electron chi connectivity index (χ0n) is 17.8. The van der Waals surface area contributed by atoms with Gasteiger partial charge in [0.25, 0.3) is 0 Å². The molecular weight excluding hydrogens is 386 g/mol. The SMILES string of the molecule is O=C(C1CCCN(c2ccc3nc([C@H]4C[C@H]4c4ccccc4)[nH]c3n2)C1)N1CCCC1. The number of hydrogen-bond acceptors (Lipinski definition) is 4. The number of anilines is 1. The molecule has 4 heterocycles. The molecule has 0 radical (unpaired) electrons. The van der Waals surface area contributed by atoms with Crippen LogP contribution in [-0.4, -0.2) is 51.9 Å². The fourth-order valence-electron chi connectivity index (χ4n) is 5.40. The molecule has 31 heavy (non-hydrogen) atoms. The summed E-state index contributed by atoms with van der Waals surface area (Å²) in [5, 5.41) is 0. The quantitative estimate of drug-likeness (QED) is 0.698. The van der Waals surface area contributed by atoms with Crippen molar-refractivity contribution in [1.29, 1.82) is 0 Å². The number of nitrogens with one attached hydrogen (secondary N) is 1. The minimum Gasteiger partial charge on any atom is -0.356 e. The standard InChI is InChI=1S/C25H29N5O/c31-25(29-12-4-5-13-29)18-9-6-14-30(16-18)22-11-10-21-24(27-22)28-23(26-21)20-15-19(20)17-7-2-1-3-8-17/h1-3,7-8,10-11,18-20H,4-6,9,12-16H2,(H,26,27,28)/t18?,19-,20-/m0/s1. The van der Waals surface area contributed by atoms with Crippen LogP contribution < -0.4 is 4.90 Å². The Morgan fingerprint density at radius 3 is 2.61 bits per heavy atom. The van der Waals surface area contributed by atoms with Gasteiger partial charge in [-0.3, -0.25) is 4.79 Å². The van der Waals surface area contributed by atoms with E-state index in [0.29, 0.717) is 17.7 Å². The van der Waals surface area contributed by atoms with Gasteiger partial charge in [-0.1, -0.05) is 30.3 Å². The lowest BCUT2D eigenvalue weighted by Crippen LogP contribution is -2.44. The van der Waals surface area contributed by atoms with Gasteiger partial charge in [-0.15, -0.1) is 0 Å². The number of carbonyl (C=O) groups is 1. The fraction of sp³-hybridized carbons (Fsp3) is 0.480. The molecule has 1 aliphatic carbocycles. The van der Waals surface area contributed by atoms with Crippen molar-refractivity contribution >= 4 is 22.9 Å². The zero-order chi connectivity index (χ0) is 20.8. The van der Waals surface area contributed by atoms with Gasteiger partial charge in [0.15, 0.2) is 5.65 Å². The number of likely N-dealkylation sites (tertiary alicyclic amines) is 1. The van der Waals surface area contributed by atoms with Gasteiger partial charge in [0.2, 0.25) is 5.91 Å². The first-order valence-electron chi connectivity index (χ1n) is 11.7. The minimum atomic E-state index is 0.0970. The highest BCUT2D eigenvalue weighted by Crippen LogP contribution is 2.53. The molecule has 1 N–H and O–H groups in total. The molecule has 6 rings (SSSR count). The number of rotatable bonds is 4. The Bertz CT molecular complexity index is 1090. The molecule has 1 saturated carbocycles. The molecular formula is C25H29N5O. The number of benzene rings is 1.